The van der Waals surface area contributed by atoms with Crippen molar-refractivity contribution in [1.82, 2.24) is 9.97 Å². The summed E-state index contributed by atoms with van der Waals surface area (Å²) in [5.74, 6) is -0.255. The summed E-state index contributed by atoms with van der Waals surface area (Å²) in [6.07, 6.45) is 4.37. The largest absolute Gasteiger partial charge is 0.409 e. The van der Waals surface area contributed by atoms with Crippen LogP contribution in [-0.2, 0) is 0 Å². The third-order valence-corrected chi connectivity index (χ3v) is 2.75. The summed E-state index contributed by atoms with van der Waals surface area (Å²) in [6.45, 7) is 0. The Hall–Kier alpha value is -2.96. The zero-order valence-electron chi connectivity index (χ0n) is 10.8. The average molecular weight is 271 g/mol. The first kappa shape index (κ1) is 13.5. The monoisotopic (exact) mass is 271 g/mol. The Morgan fingerprint density at radius 2 is 2.00 bits per heavy atom. The molecule has 0 spiro atoms. The van der Waals surface area contributed by atoms with E-state index in [0.29, 0.717) is 11.3 Å². The lowest BCUT2D eigenvalue weighted by atomic mass is 10.2. The van der Waals surface area contributed by atoms with Gasteiger partial charge in [0, 0.05) is 30.7 Å². The Bertz CT molecular complexity index is 625. The molecule has 1 aromatic carbocycles. The van der Waals surface area contributed by atoms with Gasteiger partial charge in [0.15, 0.2) is 5.84 Å². The summed E-state index contributed by atoms with van der Waals surface area (Å²) in [7, 11) is 1.63. The lowest BCUT2D eigenvalue weighted by molar-refractivity contribution is 0.0988. The molecule has 102 valence electrons. The van der Waals surface area contributed by atoms with E-state index < -0.39 is 0 Å². The lowest BCUT2D eigenvalue weighted by Crippen LogP contribution is -2.27. The summed E-state index contributed by atoms with van der Waals surface area (Å²) in [6, 6.07) is 6.71. The molecular formula is C13H13N5O2. The quantitative estimate of drug-likeness (QED) is 0.372. The Morgan fingerprint density at radius 3 is 2.55 bits per heavy atom. The average Bonchev–Trinajstić information content (AvgIpc) is 2.53. The van der Waals surface area contributed by atoms with Crippen LogP contribution >= 0.6 is 0 Å². The SMILES string of the molecule is CN(C(=O)c1cnccn1)c1ccc(C(N)=NO)cc1. The highest BCUT2D eigenvalue weighted by Crippen LogP contribution is 2.15. The van der Waals surface area contributed by atoms with Gasteiger partial charge in [-0.15, -0.1) is 0 Å². The molecule has 0 unspecified atom stereocenters. The number of amidine groups is 1. The number of hydrogen-bond acceptors (Lipinski definition) is 5. The molecule has 0 fully saturated rings. The van der Waals surface area contributed by atoms with E-state index >= 15 is 0 Å². The molecule has 1 aromatic heterocycles. The van der Waals surface area contributed by atoms with Gasteiger partial charge in [0.2, 0.25) is 0 Å². The summed E-state index contributed by atoms with van der Waals surface area (Å²) in [4.78, 5) is 21.4. The van der Waals surface area contributed by atoms with Crippen molar-refractivity contribution in [3.63, 3.8) is 0 Å². The molecule has 2 rings (SSSR count). The molecule has 20 heavy (non-hydrogen) atoms. The van der Waals surface area contributed by atoms with Gasteiger partial charge in [-0.25, -0.2) is 4.98 Å². The summed E-state index contributed by atoms with van der Waals surface area (Å²) < 4.78 is 0. The molecule has 2 aromatic rings. The number of aromatic nitrogens is 2. The molecular weight excluding hydrogens is 258 g/mol. The fourth-order valence-corrected chi connectivity index (χ4v) is 1.61. The van der Waals surface area contributed by atoms with Crippen molar-refractivity contribution in [2.45, 2.75) is 0 Å². The van der Waals surface area contributed by atoms with Gasteiger partial charge in [0.1, 0.15) is 5.69 Å². The van der Waals surface area contributed by atoms with Gasteiger partial charge >= 0.3 is 0 Å². The predicted octanol–water partition coefficient (Wildman–Crippen LogP) is 0.848. The second kappa shape index (κ2) is 5.79. The first-order chi connectivity index (χ1) is 9.63. The van der Waals surface area contributed by atoms with Gasteiger partial charge < -0.3 is 15.8 Å². The number of amides is 1. The van der Waals surface area contributed by atoms with Crippen LogP contribution in [0.3, 0.4) is 0 Å². The highest BCUT2D eigenvalue weighted by Gasteiger charge is 2.14. The van der Waals surface area contributed by atoms with Crippen LogP contribution in [0.25, 0.3) is 0 Å². The van der Waals surface area contributed by atoms with Crippen molar-refractivity contribution in [1.29, 1.82) is 0 Å². The predicted molar refractivity (Wildman–Crippen MR) is 73.7 cm³/mol. The van der Waals surface area contributed by atoms with Crippen LogP contribution in [0, 0.1) is 0 Å². The standard InChI is InChI=1S/C13H13N5O2/c1-18(13(19)11-8-15-6-7-16-11)10-4-2-9(3-5-10)12(14)17-20/h2-8,20H,1H3,(H2,14,17). The normalized spacial score (nSPS) is 11.2. The Balaban J connectivity index is 2.21. The second-order valence-corrected chi connectivity index (χ2v) is 3.99. The van der Waals surface area contributed by atoms with E-state index in [1.54, 1.807) is 31.3 Å². The van der Waals surface area contributed by atoms with E-state index in [-0.39, 0.29) is 17.4 Å². The number of rotatable bonds is 3. The van der Waals surface area contributed by atoms with Crippen LogP contribution in [0.1, 0.15) is 16.1 Å². The number of nitrogens with zero attached hydrogens (tertiary/aromatic N) is 4. The molecule has 0 aliphatic carbocycles. The number of anilines is 1. The fourth-order valence-electron chi connectivity index (χ4n) is 1.61. The lowest BCUT2D eigenvalue weighted by Gasteiger charge is -2.16. The van der Waals surface area contributed by atoms with Crippen LogP contribution in [0.4, 0.5) is 5.69 Å². The molecule has 0 aliphatic rings. The van der Waals surface area contributed by atoms with Crippen LogP contribution in [0.5, 0.6) is 0 Å². The number of oxime groups is 1. The topological polar surface area (TPSA) is 105 Å². The van der Waals surface area contributed by atoms with E-state index in [4.69, 9.17) is 10.9 Å². The summed E-state index contributed by atoms with van der Waals surface area (Å²) in [5.41, 5.74) is 6.96. The summed E-state index contributed by atoms with van der Waals surface area (Å²) >= 11 is 0. The molecule has 7 nitrogen and oxygen atoms in total. The van der Waals surface area contributed by atoms with Gasteiger partial charge in [-0.1, -0.05) is 5.16 Å². The van der Waals surface area contributed by atoms with Crippen LogP contribution in [-0.4, -0.2) is 34.0 Å². The number of benzene rings is 1. The Morgan fingerprint density at radius 1 is 1.30 bits per heavy atom. The number of carbonyl (C=O) groups is 1. The van der Waals surface area contributed by atoms with Gasteiger partial charge in [0.25, 0.3) is 5.91 Å². The first-order valence-corrected chi connectivity index (χ1v) is 5.75. The van der Waals surface area contributed by atoms with E-state index in [2.05, 4.69) is 15.1 Å². The van der Waals surface area contributed by atoms with Crippen molar-refractivity contribution in [2.75, 3.05) is 11.9 Å². The molecule has 0 saturated heterocycles. The maximum absolute atomic E-state index is 12.2. The zero-order valence-corrected chi connectivity index (χ0v) is 10.8. The van der Waals surface area contributed by atoms with E-state index in [1.165, 1.54) is 23.5 Å². The van der Waals surface area contributed by atoms with E-state index in [1.807, 2.05) is 0 Å². The van der Waals surface area contributed by atoms with Crippen molar-refractivity contribution in [3.05, 3.63) is 54.1 Å². The minimum atomic E-state index is -0.269. The summed E-state index contributed by atoms with van der Waals surface area (Å²) in [5, 5.41) is 11.5. The van der Waals surface area contributed by atoms with Crippen molar-refractivity contribution >= 4 is 17.4 Å². The Kier molecular flexibility index (Phi) is 3.90. The minimum Gasteiger partial charge on any atom is -0.409 e. The smallest absolute Gasteiger partial charge is 0.278 e. The molecule has 0 radical (unpaired) electrons. The number of nitrogens with two attached hydrogens (primary N) is 1. The molecule has 0 atom stereocenters. The van der Waals surface area contributed by atoms with Crippen molar-refractivity contribution < 1.29 is 10.0 Å². The van der Waals surface area contributed by atoms with Gasteiger partial charge in [-0.3, -0.25) is 9.78 Å². The number of carbonyl (C=O) groups excluding carboxylic acids is 1. The first-order valence-electron chi connectivity index (χ1n) is 5.75. The Labute approximate surface area is 115 Å². The maximum atomic E-state index is 12.2. The van der Waals surface area contributed by atoms with Crippen LogP contribution in [0.2, 0.25) is 0 Å². The van der Waals surface area contributed by atoms with Crippen molar-refractivity contribution in [2.24, 2.45) is 10.9 Å². The van der Waals surface area contributed by atoms with E-state index in [9.17, 15) is 4.79 Å². The van der Waals surface area contributed by atoms with Gasteiger partial charge in [-0.2, -0.15) is 0 Å². The maximum Gasteiger partial charge on any atom is 0.278 e. The van der Waals surface area contributed by atoms with Gasteiger partial charge in [-0.05, 0) is 24.3 Å². The van der Waals surface area contributed by atoms with Crippen LogP contribution in [0.15, 0.2) is 48.0 Å². The molecule has 7 heteroatoms. The number of hydrogen-bond donors (Lipinski definition) is 2. The molecule has 0 aliphatic heterocycles. The zero-order chi connectivity index (χ0) is 14.5. The molecule has 0 saturated carbocycles. The second-order valence-electron chi connectivity index (χ2n) is 3.99. The highest BCUT2D eigenvalue weighted by atomic mass is 16.4. The molecule has 1 amide bonds. The molecule has 3 N–H and O–H groups in total. The molecule has 0 bridgehead atoms. The third kappa shape index (κ3) is 2.72. The molecule has 1 heterocycles. The highest BCUT2D eigenvalue weighted by molar-refractivity contribution is 6.04. The van der Waals surface area contributed by atoms with Crippen LogP contribution < -0.4 is 10.6 Å². The minimum absolute atomic E-state index is 0.0134. The van der Waals surface area contributed by atoms with Gasteiger partial charge in [0.05, 0.1) is 6.20 Å². The third-order valence-electron chi connectivity index (χ3n) is 2.75. The van der Waals surface area contributed by atoms with Crippen molar-refractivity contribution in [3.8, 4) is 0 Å². The fraction of sp³-hybridized carbons (Fsp3) is 0.0769. The van der Waals surface area contributed by atoms with E-state index in [0.717, 1.165) is 0 Å².